The summed E-state index contributed by atoms with van der Waals surface area (Å²) in [5.74, 6) is 0.654. The highest BCUT2D eigenvalue weighted by Crippen LogP contribution is 2.22. The molecule has 0 spiro atoms. The first kappa shape index (κ1) is 12.5. The Kier molecular flexibility index (Phi) is 4.53. The van der Waals surface area contributed by atoms with Gasteiger partial charge in [-0.1, -0.05) is 0 Å². The summed E-state index contributed by atoms with van der Waals surface area (Å²) >= 11 is 5.26. The predicted octanol–water partition coefficient (Wildman–Crippen LogP) is 3.20. The van der Waals surface area contributed by atoms with Crippen molar-refractivity contribution in [2.75, 3.05) is 7.11 Å². The van der Waals surface area contributed by atoms with E-state index in [2.05, 4.69) is 37.7 Å². The maximum Gasteiger partial charge on any atom is 0.213 e. The Balaban J connectivity index is 1.87. The molecule has 0 amide bonds. The molecule has 0 aliphatic carbocycles. The molecule has 17 heavy (non-hydrogen) atoms. The van der Waals surface area contributed by atoms with Crippen LogP contribution in [0, 0.1) is 0 Å². The Morgan fingerprint density at radius 3 is 3.00 bits per heavy atom. The Hall–Kier alpha value is -0.910. The van der Waals surface area contributed by atoms with Gasteiger partial charge in [-0.3, -0.25) is 0 Å². The molecule has 0 aromatic carbocycles. The maximum absolute atomic E-state index is 5.08. The van der Waals surface area contributed by atoms with Crippen molar-refractivity contribution in [1.29, 1.82) is 0 Å². The van der Waals surface area contributed by atoms with Crippen LogP contribution < -0.4 is 10.1 Å². The molecule has 2 rings (SSSR count). The largest absolute Gasteiger partial charge is 0.481 e. The van der Waals surface area contributed by atoms with Gasteiger partial charge in [0.15, 0.2) is 0 Å². The Bertz CT molecular complexity index is 487. The molecule has 2 aromatic heterocycles. The molecular weight excluding hydrogens is 300 g/mol. The van der Waals surface area contributed by atoms with Gasteiger partial charge in [-0.2, -0.15) is 0 Å². The second kappa shape index (κ2) is 6.14. The fourth-order valence-electron chi connectivity index (χ4n) is 1.44. The third-order valence-corrected chi connectivity index (χ3v) is 4.24. The number of hydrogen-bond donors (Lipinski definition) is 1. The van der Waals surface area contributed by atoms with Crippen LogP contribution in [0.5, 0.6) is 5.88 Å². The SMILES string of the molecule is COc1cc(CNCc2sccc2Br)ccn1. The summed E-state index contributed by atoms with van der Waals surface area (Å²) in [6.07, 6.45) is 1.76. The Morgan fingerprint density at radius 2 is 2.29 bits per heavy atom. The van der Waals surface area contributed by atoms with E-state index in [1.165, 1.54) is 14.9 Å². The lowest BCUT2D eigenvalue weighted by atomic mass is 10.2. The van der Waals surface area contributed by atoms with Crippen molar-refractivity contribution in [1.82, 2.24) is 10.3 Å². The molecule has 0 fully saturated rings. The van der Waals surface area contributed by atoms with Gasteiger partial charge in [-0.15, -0.1) is 11.3 Å². The van der Waals surface area contributed by atoms with Crippen molar-refractivity contribution in [3.8, 4) is 5.88 Å². The molecule has 2 heterocycles. The first-order valence-electron chi connectivity index (χ1n) is 5.21. The summed E-state index contributed by atoms with van der Waals surface area (Å²) < 4.78 is 6.25. The van der Waals surface area contributed by atoms with Crippen LogP contribution in [-0.4, -0.2) is 12.1 Å². The topological polar surface area (TPSA) is 34.1 Å². The van der Waals surface area contributed by atoms with Gasteiger partial charge >= 0.3 is 0 Å². The zero-order valence-corrected chi connectivity index (χ0v) is 11.8. The summed E-state index contributed by atoms with van der Waals surface area (Å²) in [6.45, 7) is 1.67. The zero-order valence-electron chi connectivity index (χ0n) is 9.44. The molecule has 90 valence electrons. The molecule has 0 radical (unpaired) electrons. The van der Waals surface area contributed by atoms with Gasteiger partial charge in [0.1, 0.15) is 0 Å². The van der Waals surface area contributed by atoms with Crippen LogP contribution in [0.1, 0.15) is 10.4 Å². The van der Waals surface area contributed by atoms with Gasteiger partial charge in [-0.25, -0.2) is 4.98 Å². The summed E-state index contributed by atoms with van der Waals surface area (Å²) in [6, 6.07) is 5.99. The molecule has 0 bridgehead atoms. The van der Waals surface area contributed by atoms with E-state index < -0.39 is 0 Å². The van der Waals surface area contributed by atoms with E-state index in [1.54, 1.807) is 24.6 Å². The van der Waals surface area contributed by atoms with Crippen molar-refractivity contribution in [3.63, 3.8) is 0 Å². The van der Waals surface area contributed by atoms with Gasteiger partial charge in [0, 0.05) is 34.7 Å². The highest BCUT2D eigenvalue weighted by atomic mass is 79.9. The number of halogens is 1. The lowest BCUT2D eigenvalue weighted by Gasteiger charge is -2.05. The number of thiophene rings is 1. The van der Waals surface area contributed by atoms with Gasteiger partial charge in [0.25, 0.3) is 0 Å². The lowest BCUT2D eigenvalue weighted by Crippen LogP contribution is -2.12. The average Bonchev–Trinajstić information content (AvgIpc) is 2.76. The summed E-state index contributed by atoms with van der Waals surface area (Å²) in [4.78, 5) is 5.39. The number of pyridine rings is 1. The summed E-state index contributed by atoms with van der Waals surface area (Å²) in [5.41, 5.74) is 1.17. The first-order valence-corrected chi connectivity index (χ1v) is 6.88. The van der Waals surface area contributed by atoms with E-state index in [4.69, 9.17) is 4.74 Å². The van der Waals surface area contributed by atoms with E-state index in [9.17, 15) is 0 Å². The van der Waals surface area contributed by atoms with Crippen LogP contribution in [0.15, 0.2) is 34.2 Å². The van der Waals surface area contributed by atoms with Gasteiger partial charge < -0.3 is 10.1 Å². The van der Waals surface area contributed by atoms with Crippen LogP contribution >= 0.6 is 27.3 Å². The molecule has 0 unspecified atom stereocenters. The van der Waals surface area contributed by atoms with Crippen LogP contribution in [0.3, 0.4) is 0 Å². The van der Waals surface area contributed by atoms with E-state index in [-0.39, 0.29) is 0 Å². The number of hydrogen-bond acceptors (Lipinski definition) is 4. The second-order valence-electron chi connectivity index (χ2n) is 3.50. The third kappa shape index (κ3) is 3.52. The molecule has 1 N–H and O–H groups in total. The number of ether oxygens (including phenoxy) is 1. The number of aromatic nitrogens is 1. The van der Waals surface area contributed by atoms with Crippen molar-refractivity contribution < 1.29 is 4.74 Å². The van der Waals surface area contributed by atoms with Crippen LogP contribution in [0.25, 0.3) is 0 Å². The number of nitrogens with zero attached hydrogens (tertiary/aromatic N) is 1. The molecule has 0 aliphatic heterocycles. The maximum atomic E-state index is 5.08. The number of rotatable bonds is 5. The van der Waals surface area contributed by atoms with Crippen LogP contribution in [0.2, 0.25) is 0 Å². The van der Waals surface area contributed by atoms with Gasteiger partial charge in [0.05, 0.1) is 7.11 Å². The lowest BCUT2D eigenvalue weighted by molar-refractivity contribution is 0.397. The fraction of sp³-hybridized carbons (Fsp3) is 0.250. The molecular formula is C12H13BrN2OS. The molecule has 3 nitrogen and oxygen atoms in total. The second-order valence-corrected chi connectivity index (χ2v) is 5.36. The van der Waals surface area contributed by atoms with Crippen molar-refractivity contribution in [2.24, 2.45) is 0 Å². The van der Waals surface area contributed by atoms with Crippen LogP contribution in [0.4, 0.5) is 0 Å². The number of nitrogens with one attached hydrogen (secondary N) is 1. The highest BCUT2D eigenvalue weighted by molar-refractivity contribution is 9.10. The zero-order chi connectivity index (χ0) is 12.1. The Labute approximate surface area is 113 Å². The average molecular weight is 313 g/mol. The smallest absolute Gasteiger partial charge is 0.213 e. The van der Waals surface area contributed by atoms with E-state index >= 15 is 0 Å². The van der Waals surface area contributed by atoms with Gasteiger partial charge in [0.2, 0.25) is 5.88 Å². The van der Waals surface area contributed by atoms with E-state index in [0.29, 0.717) is 5.88 Å². The van der Waals surface area contributed by atoms with Crippen molar-refractivity contribution in [3.05, 3.63) is 44.7 Å². The van der Waals surface area contributed by atoms with Crippen LogP contribution in [-0.2, 0) is 13.1 Å². The monoisotopic (exact) mass is 312 g/mol. The molecule has 0 saturated carbocycles. The third-order valence-electron chi connectivity index (χ3n) is 2.31. The molecule has 0 aliphatic rings. The molecule has 0 saturated heterocycles. The van der Waals surface area contributed by atoms with Crippen molar-refractivity contribution in [2.45, 2.75) is 13.1 Å². The first-order chi connectivity index (χ1) is 8.29. The van der Waals surface area contributed by atoms with E-state index in [0.717, 1.165) is 13.1 Å². The summed E-state index contributed by atoms with van der Waals surface area (Å²) in [5, 5.41) is 5.47. The minimum atomic E-state index is 0.654. The minimum Gasteiger partial charge on any atom is -0.481 e. The standard InChI is InChI=1S/C12H13BrN2OS/c1-16-12-6-9(2-4-15-12)7-14-8-11-10(13)3-5-17-11/h2-6,14H,7-8H2,1H3. The highest BCUT2D eigenvalue weighted by Gasteiger charge is 2.01. The minimum absolute atomic E-state index is 0.654. The normalized spacial score (nSPS) is 10.5. The van der Waals surface area contributed by atoms with Crippen molar-refractivity contribution >= 4 is 27.3 Å². The quantitative estimate of drug-likeness (QED) is 0.920. The van der Waals surface area contributed by atoms with E-state index in [1.807, 2.05) is 12.1 Å². The summed E-state index contributed by atoms with van der Waals surface area (Å²) in [7, 11) is 1.63. The molecule has 2 aromatic rings. The Morgan fingerprint density at radius 1 is 1.41 bits per heavy atom. The molecule has 0 atom stereocenters. The number of methoxy groups -OCH3 is 1. The predicted molar refractivity (Wildman–Crippen MR) is 73.4 cm³/mol. The van der Waals surface area contributed by atoms with Gasteiger partial charge in [-0.05, 0) is 39.0 Å². The molecule has 5 heteroatoms. The fourth-order valence-corrected chi connectivity index (χ4v) is 2.91.